The van der Waals surface area contributed by atoms with Gasteiger partial charge in [-0.25, -0.2) is 4.39 Å². The van der Waals surface area contributed by atoms with Crippen LogP contribution < -0.4 is 20.1 Å². The van der Waals surface area contributed by atoms with Gasteiger partial charge in [-0.05, 0) is 37.1 Å². The second-order valence-corrected chi connectivity index (χ2v) is 6.18. The Balaban J connectivity index is 1.61. The number of halogens is 1. The van der Waals surface area contributed by atoms with Gasteiger partial charge >= 0.3 is 0 Å². The quantitative estimate of drug-likeness (QED) is 0.846. The Hall–Kier alpha value is -3.09. The number of benzene rings is 2. The maximum atomic E-state index is 14.0. The summed E-state index contributed by atoms with van der Waals surface area (Å²) in [6, 6.07) is 11.0. The second kappa shape index (κ2) is 8.53. The molecule has 0 saturated heterocycles. The van der Waals surface area contributed by atoms with Crippen molar-refractivity contribution < 1.29 is 23.5 Å². The Labute approximate surface area is 156 Å². The predicted molar refractivity (Wildman–Crippen MR) is 97.3 cm³/mol. The first-order valence-corrected chi connectivity index (χ1v) is 8.71. The highest BCUT2D eigenvalue weighted by Gasteiger charge is 2.23. The second-order valence-electron chi connectivity index (χ2n) is 6.18. The standard InChI is InChI=1S/C20H21FN2O4/c1-26-14-6-2-5-13(11-14)20(25)22-12-18(24)23-17-9-4-10-27-19-15(17)7-3-8-16(19)21/h2-3,5-8,11,17H,4,9-10,12H2,1H3,(H,22,25)(H,23,24). The third-order valence-electron chi connectivity index (χ3n) is 4.33. The van der Waals surface area contributed by atoms with Gasteiger partial charge < -0.3 is 20.1 Å². The van der Waals surface area contributed by atoms with Gasteiger partial charge in [-0.3, -0.25) is 9.59 Å². The molecule has 0 aromatic heterocycles. The van der Waals surface area contributed by atoms with Crippen molar-refractivity contribution in [3.05, 3.63) is 59.4 Å². The lowest BCUT2D eigenvalue weighted by Gasteiger charge is -2.19. The van der Waals surface area contributed by atoms with E-state index in [2.05, 4.69) is 10.6 Å². The Morgan fingerprint density at radius 2 is 2.07 bits per heavy atom. The summed E-state index contributed by atoms with van der Waals surface area (Å²) in [7, 11) is 1.52. The maximum Gasteiger partial charge on any atom is 0.251 e. The molecule has 0 bridgehead atoms. The largest absolute Gasteiger partial charge is 0.497 e. The van der Waals surface area contributed by atoms with Crippen LogP contribution in [-0.2, 0) is 4.79 Å². The molecule has 0 fully saturated rings. The summed E-state index contributed by atoms with van der Waals surface area (Å²) in [6.45, 7) is 0.213. The van der Waals surface area contributed by atoms with Gasteiger partial charge in [-0.15, -0.1) is 0 Å². The summed E-state index contributed by atoms with van der Waals surface area (Å²) >= 11 is 0. The minimum atomic E-state index is -0.444. The van der Waals surface area contributed by atoms with Gasteiger partial charge in [0, 0.05) is 11.1 Å². The highest BCUT2D eigenvalue weighted by Crippen LogP contribution is 2.33. The molecule has 2 amide bonds. The molecule has 27 heavy (non-hydrogen) atoms. The lowest BCUT2D eigenvalue weighted by molar-refractivity contribution is -0.120. The number of hydrogen-bond donors (Lipinski definition) is 2. The molecule has 1 heterocycles. The Kier molecular flexibility index (Phi) is 5.90. The number of carbonyl (C=O) groups excluding carboxylic acids is 2. The minimum absolute atomic E-state index is 0.181. The zero-order chi connectivity index (χ0) is 19.2. The van der Waals surface area contributed by atoms with Crippen LogP contribution in [0.4, 0.5) is 4.39 Å². The van der Waals surface area contributed by atoms with Crippen molar-refractivity contribution in [2.45, 2.75) is 18.9 Å². The van der Waals surface area contributed by atoms with E-state index in [-0.39, 0.29) is 30.2 Å². The third-order valence-corrected chi connectivity index (χ3v) is 4.33. The van der Waals surface area contributed by atoms with E-state index in [1.54, 1.807) is 36.4 Å². The lowest BCUT2D eigenvalue weighted by atomic mass is 10.0. The summed E-state index contributed by atoms with van der Waals surface area (Å²) in [4.78, 5) is 24.5. The molecule has 1 unspecified atom stereocenters. The number of fused-ring (bicyclic) bond motifs is 1. The van der Waals surface area contributed by atoms with E-state index < -0.39 is 5.82 Å². The summed E-state index contributed by atoms with van der Waals surface area (Å²) in [6.07, 6.45) is 1.32. The average molecular weight is 372 g/mol. The first-order chi connectivity index (χ1) is 13.1. The van der Waals surface area contributed by atoms with Crippen molar-refractivity contribution >= 4 is 11.8 Å². The molecule has 0 spiro atoms. The van der Waals surface area contributed by atoms with Gasteiger partial charge in [0.2, 0.25) is 5.91 Å². The monoisotopic (exact) mass is 372 g/mol. The highest BCUT2D eigenvalue weighted by atomic mass is 19.1. The third kappa shape index (κ3) is 4.55. The van der Waals surface area contributed by atoms with Crippen LogP contribution in [-0.4, -0.2) is 32.1 Å². The van der Waals surface area contributed by atoms with Crippen molar-refractivity contribution in [3.8, 4) is 11.5 Å². The molecule has 1 aliphatic rings. The number of amides is 2. The molecule has 1 aliphatic heterocycles. The molecule has 1 atom stereocenters. The lowest BCUT2D eigenvalue weighted by Crippen LogP contribution is -2.38. The van der Waals surface area contributed by atoms with E-state index >= 15 is 0 Å². The van der Waals surface area contributed by atoms with Crippen LogP contribution in [0.2, 0.25) is 0 Å². The average Bonchev–Trinajstić information content (AvgIpc) is 2.89. The molecule has 3 rings (SSSR count). The molecule has 142 valence electrons. The van der Waals surface area contributed by atoms with Gasteiger partial charge in [-0.1, -0.05) is 18.2 Å². The smallest absolute Gasteiger partial charge is 0.251 e. The molecule has 2 aromatic carbocycles. The number of methoxy groups -OCH3 is 1. The van der Waals surface area contributed by atoms with Gasteiger partial charge in [-0.2, -0.15) is 0 Å². The predicted octanol–water partition coefficient (Wildman–Crippen LogP) is 2.59. The normalized spacial score (nSPS) is 15.7. The number of ether oxygens (including phenoxy) is 2. The molecule has 0 aliphatic carbocycles. The van der Waals surface area contributed by atoms with E-state index in [1.165, 1.54) is 13.2 Å². The summed E-state index contributed by atoms with van der Waals surface area (Å²) in [5, 5.41) is 5.43. The SMILES string of the molecule is COc1cccc(C(=O)NCC(=O)NC2CCCOc3c(F)cccc32)c1. The molecule has 0 saturated carbocycles. The van der Waals surface area contributed by atoms with Crippen LogP contribution in [0.25, 0.3) is 0 Å². The number of para-hydroxylation sites is 1. The van der Waals surface area contributed by atoms with Gasteiger partial charge in [0.05, 0.1) is 26.3 Å². The zero-order valence-electron chi connectivity index (χ0n) is 15.0. The molecule has 2 N–H and O–H groups in total. The van der Waals surface area contributed by atoms with Gasteiger partial charge in [0.15, 0.2) is 11.6 Å². The zero-order valence-corrected chi connectivity index (χ0v) is 15.0. The van der Waals surface area contributed by atoms with Gasteiger partial charge in [0.25, 0.3) is 5.91 Å². The number of carbonyl (C=O) groups is 2. The highest BCUT2D eigenvalue weighted by molar-refractivity contribution is 5.96. The fourth-order valence-electron chi connectivity index (χ4n) is 2.99. The van der Waals surface area contributed by atoms with Crippen LogP contribution in [0.1, 0.15) is 34.8 Å². The molecular weight excluding hydrogens is 351 g/mol. The van der Waals surface area contributed by atoms with Crippen LogP contribution in [0.5, 0.6) is 11.5 Å². The first-order valence-electron chi connectivity index (χ1n) is 8.71. The van der Waals surface area contributed by atoms with Crippen molar-refractivity contribution in [3.63, 3.8) is 0 Å². The van der Waals surface area contributed by atoms with Crippen molar-refractivity contribution in [2.75, 3.05) is 20.3 Å². The molecular formula is C20H21FN2O4. The Morgan fingerprint density at radius 1 is 1.26 bits per heavy atom. The maximum absolute atomic E-state index is 14.0. The topological polar surface area (TPSA) is 76.7 Å². The minimum Gasteiger partial charge on any atom is -0.497 e. The van der Waals surface area contributed by atoms with Crippen molar-refractivity contribution in [1.82, 2.24) is 10.6 Å². The molecule has 6 nitrogen and oxygen atoms in total. The Morgan fingerprint density at radius 3 is 2.89 bits per heavy atom. The molecule has 2 aromatic rings. The van der Waals surface area contributed by atoms with Crippen molar-refractivity contribution in [2.24, 2.45) is 0 Å². The first kappa shape index (κ1) is 18.7. The van der Waals surface area contributed by atoms with E-state index in [0.29, 0.717) is 36.3 Å². The summed E-state index contributed by atoms with van der Waals surface area (Å²) in [5.41, 5.74) is 1.01. The van der Waals surface area contributed by atoms with Crippen LogP contribution in [0.15, 0.2) is 42.5 Å². The van der Waals surface area contributed by atoms with Gasteiger partial charge in [0.1, 0.15) is 5.75 Å². The van der Waals surface area contributed by atoms with Crippen LogP contribution in [0.3, 0.4) is 0 Å². The number of hydrogen-bond acceptors (Lipinski definition) is 4. The summed E-state index contributed by atoms with van der Waals surface area (Å²) in [5.74, 6) is -0.432. The molecule has 7 heteroatoms. The molecule has 0 radical (unpaired) electrons. The fourth-order valence-corrected chi connectivity index (χ4v) is 2.99. The number of nitrogens with one attached hydrogen (secondary N) is 2. The fraction of sp³-hybridized carbons (Fsp3) is 0.300. The van der Waals surface area contributed by atoms with Crippen LogP contribution >= 0.6 is 0 Å². The number of rotatable bonds is 5. The van der Waals surface area contributed by atoms with E-state index in [1.807, 2.05) is 0 Å². The summed E-state index contributed by atoms with van der Waals surface area (Å²) < 4.78 is 24.5. The van der Waals surface area contributed by atoms with E-state index in [4.69, 9.17) is 9.47 Å². The van der Waals surface area contributed by atoms with E-state index in [0.717, 1.165) is 0 Å². The van der Waals surface area contributed by atoms with Crippen LogP contribution in [0, 0.1) is 5.82 Å². The van der Waals surface area contributed by atoms with E-state index in [9.17, 15) is 14.0 Å². The Bertz CT molecular complexity index is 840. The van der Waals surface area contributed by atoms with Crippen molar-refractivity contribution in [1.29, 1.82) is 0 Å².